The molecule has 4 nitrogen and oxygen atoms in total. The minimum atomic E-state index is -0.567. The molecule has 4 heteroatoms. The van der Waals surface area contributed by atoms with Crippen molar-refractivity contribution in [2.24, 2.45) is 0 Å². The van der Waals surface area contributed by atoms with E-state index in [2.05, 4.69) is 5.32 Å². The molecule has 1 N–H and O–H groups in total. The van der Waals surface area contributed by atoms with Gasteiger partial charge in [-0.1, -0.05) is 0 Å². The molecule has 0 spiro atoms. The average Bonchev–Trinajstić information content (AvgIpc) is 2.09. The molecule has 0 saturated carbocycles. The van der Waals surface area contributed by atoms with Crippen LogP contribution in [0, 0.1) is 0 Å². The highest BCUT2D eigenvalue weighted by Crippen LogP contribution is 2.08. The average molecular weight is 157 g/mol. The number of imide groups is 1. The van der Waals surface area contributed by atoms with E-state index in [-0.39, 0.29) is 24.3 Å². The van der Waals surface area contributed by atoms with Crippen molar-refractivity contribution in [1.82, 2.24) is 5.32 Å². The second kappa shape index (κ2) is 3.00. The summed E-state index contributed by atoms with van der Waals surface area (Å²) >= 11 is 0. The Hall–Kier alpha value is -0.900. The van der Waals surface area contributed by atoms with Gasteiger partial charge in [0, 0.05) is 0 Å². The molecule has 0 radical (unpaired) electrons. The molecular weight excluding hydrogens is 146 g/mol. The topological polar surface area (TPSA) is 55.4 Å². The molecule has 1 rings (SSSR count). The number of carbonyl (C=O) groups excluding carboxylic acids is 2. The molecule has 2 amide bonds. The quantitative estimate of drug-likeness (QED) is 0.566. The number of rotatable bonds is 2. The highest BCUT2D eigenvalue weighted by atomic mass is 16.5. The van der Waals surface area contributed by atoms with E-state index in [0.717, 1.165) is 0 Å². The molecule has 1 unspecified atom stereocenters. The number of hydrogen-bond acceptors (Lipinski definition) is 3. The summed E-state index contributed by atoms with van der Waals surface area (Å²) in [4.78, 5) is 21.5. The van der Waals surface area contributed by atoms with Crippen LogP contribution in [0.3, 0.4) is 0 Å². The summed E-state index contributed by atoms with van der Waals surface area (Å²) in [5, 5.41) is 2.17. The van der Waals surface area contributed by atoms with E-state index in [1.54, 1.807) is 0 Å². The van der Waals surface area contributed by atoms with Crippen molar-refractivity contribution in [2.75, 3.05) is 0 Å². The van der Waals surface area contributed by atoms with Crippen LogP contribution in [0.15, 0.2) is 0 Å². The van der Waals surface area contributed by atoms with Crippen LogP contribution in [-0.4, -0.2) is 24.0 Å². The Kier molecular flexibility index (Phi) is 2.24. The van der Waals surface area contributed by atoms with Gasteiger partial charge in [-0.25, -0.2) is 0 Å². The largest absolute Gasteiger partial charge is 0.365 e. The van der Waals surface area contributed by atoms with E-state index in [4.69, 9.17) is 4.74 Å². The molecule has 0 aliphatic carbocycles. The molecule has 0 bridgehead atoms. The molecule has 1 fully saturated rings. The fourth-order valence-electron chi connectivity index (χ4n) is 0.968. The van der Waals surface area contributed by atoms with Crippen LogP contribution in [0.5, 0.6) is 0 Å². The lowest BCUT2D eigenvalue weighted by Gasteiger charge is -2.10. The van der Waals surface area contributed by atoms with Crippen LogP contribution in [0.1, 0.15) is 20.3 Å². The van der Waals surface area contributed by atoms with Crippen molar-refractivity contribution in [3.8, 4) is 0 Å². The lowest BCUT2D eigenvalue weighted by molar-refractivity contribution is -0.131. The van der Waals surface area contributed by atoms with Gasteiger partial charge in [0.1, 0.15) is 6.10 Å². The number of carbonyl (C=O) groups is 2. The van der Waals surface area contributed by atoms with Crippen molar-refractivity contribution < 1.29 is 14.3 Å². The summed E-state index contributed by atoms with van der Waals surface area (Å²) in [6.07, 6.45) is -0.420. The summed E-state index contributed by atoms with van der Waals surface area (Å²) in [5.74, 6) is -0.565. The Morgan fingerprint density at radius 2 is 2.18 bits per heavy atom. The zero-order valence-electron chi connectivity index (χ0n) is 6.59. The maximum Gasteiger partial charge on any atom is 0.256 e. The van der Waals surface area contributed by atoms with E-state index in [9.17, 15) is 9.59 Å². The fourth-order valence-corrected chi connectivity index (χ4v) is 0.968. The predicted molar refractivity (Wildman–Crippen MR) is 37.8 cm³/mol. The molecule has 0 aromatic rings. The van der Waals surface area contributed by atoms with Crippen molar-refractivity contribution in [2.45, 2.75) is 32.5 Å². The van der Waals surface area contributed by atoms with E-state index in [0.29, 0.717) is 0 Å². The van der Waals surface area contributed by atoms with Gasteiger partial charge in [-0.15, -0.1) is 0 Å². The van der Waals surface area contributed by atoms with Gasteiger partial charge in [-0.2, -0.15) is 0 Å². The zero-order valence-corrected chi connectivity index (χ0v) is 6.59. The molecule has 62 valence electrons. The Balaban J connectivity index is 2.47. The lowest BCUT2D eigenvalue weighted by atomic mass is 10.3. The highest BCUT2D eigenvalue weighted by Gasteiger charge is 2.31. The third-order valence-corrected chi connectivity index (χ3v) is 1.36. The molecule has 1 aliphatic heterocycles. The maximum absolute atomic E-state index is 10.9. The molecular formula is C7H11NO3. The Labute approximate surface area is 64.9 Å². The summed E-state index contributed by atoms with van der Waals surface area (Å²) in [6, 6.07) is 0. The Bertz CT molecular complexity index is 188. The molecule has 0 aromatic carbocycles. The zero-order chi connectivity index (χ0) is 8.43. The van der Waals surface area contributed by atoms with Crippen LogP contribution in [0.2, 0.25) is 0 Å². The van der Waals surface area contributed by atoms with Gasteiger partial charge in [0.05, 0.1) is 12.5 Å². The lowest BCUT2D eigenvalue weighted by Crippen LogP contribution is -2.28. The van der Waals surface area contributed by atoms with Gasteiger partial charge in [-0.3, -0.25) is 14.9 Å². The van der Waals surface area contributed by atoms with Crippen molar-refractivity contribution in [3.63, 3.8) is 0 Å². The van der Waals surface area contributed by atoms with Crippen molar-refractivity contribution in [1.29, 1.82) is 0 Å². The molecule has 1 heterocycles. The van der Waals surface area contributed by atoms with Gasteiger partial charge < -0.3 is 4.74 Å². The maximum atomic E-state index is 10.9. The van der Waals surface area contributed by atoms with Gasteiger partial charge in [0.15, 0.2) is 0 Å². The van der Waals surface area contributed by atoms with Crippen LogP contribution >= 0.6 is 0 Å². The van der Waals surface area contributed by atoms with Gasteiger partial charge in [-0.05, 0) is 13.8 Å². The number of nitrogens with one attached hydrogen (secondary N) is 1. The van der Waals surface area contributed by atoms with E-state index < -0.39 is 6.10 Å². The SMILES string of the molecule is CC(C)OC1CC(=O)NC1=O. The summed E-state index contributed by atoms with van der Waals surface area (Å²) in [5.41, 5.74) is 0. The number of ether oxygens (including phenoxy) is 1. The van der Waals surface area contributed by atoms with Gasteiger partial charge >= 0.3 is 0 Å². The molecule has 1 atom stereocenters. The first-order valence-corrected chi connectivity index (χ1v) is 3.58. The number of amides is 2. The minimum absolute atomic E-state index is 0.0170. The van der Waals surface area contributed by atoms with E-state index in [1.807, 2.05) is 13.8 Å². The third kappa shape index (κ3) is 2.01. The monoisotopic (exact) mass is 157 g/mol. The first kappa shape index (κ1) is 8.20. The van der Waals surface area contributed by atoms with Crippen LogP contribution in [0.4, 0.5) is 0 Å². The highest BCUT2D eigenvalue weighted by molar-refractivity contribution is 6.04. The smallest absolute Gasteiger partial charge is 0.256 e. The fraction of sp³-hybridized carbons (Fsp3) is 0.714. The van der Waals surface area contributed by atoms with Crippen molar-refractivity contribution >= 4 is 11.8 Å². The van der Waals surface area contributed by atoms with Crippen LogP contribution in [-0.2, 0) is 14.3 Å². The molecule has 11 heavy (non-hydrogen) atoms. The Morgan fingerprint density at radius 3 is 2.55 bits per heavy atom. The van der Waals surface area contributed by atoms with E-state index >= 15 is 0 Å². The van der Waals surface area contributed by atoms with Gasteiger partial charge in [0.25, 0.3) is 5.91 Å². The van der Waals surface area contributed by atoms with Gasteiger partial charge in [0.2, 0.25) is 5.91 Å². The normalized spacial score (nSPS) is 24.5. The number of hydrogen-bond donors (Lipinski definition) is 1. The molecule has 0 aromatic heterocycles. The summed E-state index contributed by atoms with van der Waals surface area (Å²) in [7, 11) is 0. The summed E-state index contributed by atoms with van der Waals surface area (Å²) in [6.45, 7) is 3.66. The standard InChI is InChI=1S/C7H11NO3/c1-4(2)11-5-3-6(9)8-7(5)10/h4-5H,3H2,1-2H3,(H,8,9,10). The molecule has 1 aliphatic rings. The van der Waals surface area contributed by atoms with E-state index in [1.165, 1.54) is 0 Å². The third-order valence-electron chi connectivity index (χ3n) is 1.36. The van der Waals surface area contributed by atoms with Crippen LogP contribution < -0.4 is 5.32 Å². The molecule has 1 saturated heterocycles. The van der Waals surface area contributed by atoms with Crippen molar-refractivity contribution in [3.05, 3.63) is 0 Å². The first-order valence-electron chi connectivity index (χ1n) is 3.58. The van der Waals surface area contributed by atoms with Crippen LogP contribution in [0.25, 0.3) is 0 Å². The first-order chi connectivity index (χ1) is 5.09. The second-order valence-electron chi connectivity index (χ2n) is 2.79. The minimum Gasteiger partial charge on any atom is -0.365 e. The Morgan fingerprint density at radius 1 is 1.55 bits per heavy atom. The second-order valence-corrected chi connectivity index (χ2v) is 2.79. The predicted octanol–water partition coefficient (Wildman–Crippen LogP) is -0.174. The summed E-state index contributed by atoms with van der Waals surface area (Å²) < 4.78 is 5.16.